The van der Waals surface area contributed by atoms with Gasteiger partial charge in [-0.3, -0.25) is 4.72 Å². The first-order chi connectivity index (χ1) is 6.44. The maximum absolute atomic E-state index is 12.6. The topological polar surface area (TPSA) is 46.2 Å². The molecule has 1 aromatic carbocycles. The van der Waals surface area contributed by atoms with E-state index in [4.69, 9.17) is 11.6 Å². The summed E-state index contributed by atoms with van der Waals surface area (Å²) in [6.07, 6.45) is 0. The molecule has 1 rings (SSSR count). The van der Waals surface area contributed by atoms with Crippen molar-refractivity contribution in [3.8, 4) is 0 Å². The highest BCUT2D eigenvalue weighted by Gasteiger charge is 2.10. The lowest BCUT2D eigenvalue weighted by Crippen LogP contribution is -2.13. The van der Waals surface area contributed by atoms with E-state index in [1.54, 1.807) is 0 Å². The zero-order chi connectivity index (χ0) is 10.8. The highest BCUT2D eigenvalue weighted by molar-refractivity contribution is 9.10. The first-order valence-electron chi connectivity index (χ1n) is 3.46. The molecule has 1 aromatic rings. The normalized spacial score (nSPS) is 11.4. The van der Waals surface area contributed by atoms with Gasteiger partial charge in [0.15, 0.2) is 0 Å². The third-order valence-corrected chi connectivity index (χ3v) is 3.68. The Hall–Kier alpha value is -0.330. The molecule has 0 aliphatic rings. The molecule has 0 aliphatic carbocycles. The van der Waals surface area contributed by atoms with Crippen molar-refractivity contribution < 1.29 is 12.8 Å². The molecule has 0 saturated carbocycles. The van der Waals surface area contributed by atoms with Crippen LogP contribution in [0.25, 0.3) is 0 Å². The van der Waals surface area contributed by atoms with E-state index in [1.165, 1.54) is 6.07 Å². The van der Waals surface area contributed by atoms with Crippen molar-refractivity contribution in [1.29, 1.82) is 0 Å². The van der Waals surface area contributed by atoms with Crippen LogP contribution in [0.3, 0.4) is 0 Å². The molecule has 0 aromatic heterocycles. The van der Waals surface area contributed by atoms with Crippen LogP contribution in [0.1, 0.15) is 0 Å². The highest BCUT2D eigenvalue weighted by Crippen LogP contribution is 2.24. The van der Waals surface area contributed by atoms with Crippen LogP contribution in [0.15, 0.2) is 22.7 Å². The molecular weight excluding hydrogens is 297 g/mol. The molecule has 0 unspecified atom stereocenters. The molecule has 1 N–H and O–H groups in total. The first-order valence-corrected chi connectivity index (χ1v) is 6.44. The van der Waals surface area contributed by atoms with Gasteiger partial charge in [-0.1, -0.05) is 0 Å². The van der Waals surface area contributed by atoms with Gasteiger partial charge in [-0.2, -0.15) is 0 Å². The van der Waals surface area contributed by atoms with E-state index in [9.17, 15) is 12.8 Å². The van der Waals surface area contributed by atoms with Crippen molar-refractivity contribution in [1.82, 2.24) is 0 Å². The van der Waals surface area contributed by atoms with E-state index in [1.807, 2.05) is 0 Å². The van der Waals surface area contributed by atoms with Gasteiger partial charge in [0.05, 0.1) is 5.69 Å². The highest BCUT2D eigenvalue weighted by atomic mass is 79.9. The fourth-order valence-electron chi connectivity index (χ4n) is 0.767. The maximum Gasteiger partial charge on any atom is 0.246 e. The van der Waals surface area contributed by atoms with Crippen LogP contribution in [0, 0.1) is 5.82 Å². The summed E-state index contributed by atoms with van der Waals surface area (Å²) in [4.78, 5) is 0. The Morgan fingerprint density at radius 1 is 1.50 bits per heavy atom. The Kier molecular flexibility index (Phi) is 3.74. The smallest absolute Gasteiger partial charge is 0.246 e. The van der Waals surface area contributed by atoms with Gasteiger partial charge in [0.2, 0.25) is 10.0 Å². The van der Waals surface area contributed by atoms with E-state index >= 15 is 0 Å². The van der Waals surface area contributed by atoms with E-state index in [0.29, 0.717) is 4.47 Å². The van der Waals surface area contributed by atoms with Crippen molar-refractivity contribution >= 4 is 43.2 Å². The van der Waals surface area contributed by atoms with Gasteiger partial charge >= 0.3 is 0 Å². The Balaban J connectivity index is 2.99. The molecule has 0 spiro atoms. The van der Waals surface area contributed by atoms with Crippen LogP contribution in [0.2, 0.25) is 0 Å². The summed E-state index contributed by atoms with van der Waals surface area (Å²) in [5, 5.41) is -0.545. The monoisotopic (exact) mass is 301 g/mol. The number of alkyl halides is 1. The third-order valence-electron chi connectivity index (χ3n) is 1.34. The van der Waals surface area contributed by atoms with Gasteiger partial charge < -0.3 is 0 Å². The molecule has 0 aliphatic heterocycles. The minimum absolute atomic E-state index is 0.257. The molecule has 0 atom stereocenters. The summed E-state index contributed by atoms with van der Waals surface area (Å²) in [6, 6.07) is 3.62. The first kappa shape index (κ1) is 11.7. The third kappa shape index (κ3) is 3.11. The number of benzene rings is 1. The van der Waals surface area contributed by atoms with Crippen LogP contribution in [0.4, 0.5) is 10.1 Å². The van der Waals surface area contributed by atoms with Crippen LogP contribution in [0.5, 0.6) is 0 Å². The Morgan fingerprint density at radius 3 is 2.64 bits per heavy atom. The van der Waals surface area contributed by atoms with Gasteiger partial charge in [-0.05, 0) is 34.1 Å². The number of sulfonamides is 1. The number of anilines is 1. The van der Waals surface area contributed by atoms with Crippen LogP contribution < -0.4 is 4.72 Å². The second-order valence-electron chi connectivity index (χ2n) is 2.45. The average molecular weight is 303 g/mol. The SMILES string of the molecule is O=S(=O)(CCl)Nc1ccc(F)cc1Br. The molecule has 0 fully saturated rings. The lowest BCUT2D eigenvalue weighted by Gasteiger charge is -2.06. The predicted molar refractivity (Wildman–Crippen MR) is 57.4 cm³/mol. The van der Waals surface area contributed by atoms with Gasteiger partial charge in [-0.25, -0.2) is 12.8 Å². The summed E-state index contributed by atoms with van der Waals surface area (Å²) in [5.74, 6) is -0.453. The van der Waals surface area contributed by atoms with Crippen molar-refractivity contribution in [3.05, 3.63) is 28.5 Å². The average Bonchev–Trinajstić information content (AvgIpc) is 2.10. The number of hydrogen-bond donors (Lipinski definition) is 1. The van der Waals surface area contributed by atoms with E-state index in [0.717, 1.165) is 12.1 Å². The summed E-state index contributed by atoms with van der Waals surface area (Å²) in [6.45, 7) is 0. The van der Waals surface area contributed by atoms with Crippen LogP contribution in [-0.2, 0) is 10.0 Å². The lowest BCUT2D eigenvalue weighted by molar-refractivity contribution is 0.605. The fourth-order valence-corrected chi connectivity index (χ4v) is 2.08. The molecule has 0 heterocycles. The maximum atomic E-state index is 12.6. The largest absolute Gasteiger partial charge is 0.281 e. The van der Waals surface area contributed by atoms with Crippen molar-refractivity contribution in [3.63, 3.8) is 0 Å². The van der Waals surface area contributed by atoms with Gasteiger partial charge in [0.1, 0.15) is 11.0 Å². The van der Waals surface area contributed by atoms with E-state index in [2.05, 4.69) is 20.7 Å². The molecule has 0 saturated heterocycles. The summed E-state index contributed by atoms with van der Waals surface area (Å²) < 4.78 is 37.2. The Labute approximate surface area is 94.4 Å². The second kappa shape index (κ2) is 4.46. The molecule has 0 radical (unpaired) electrons. The zero-order valence-corrected chi connectivity index (χ0v) is 9.96. The Morgan fingerprint density at radius 2 is 2.14 bits per heavy atom. The van der Waals surface area contributed by atoms with Gasteiger partial charge in [0, 0.05) is 4.47 Å². The fraction of sp³-hybridized carbons (Fsp3) is 0.143. The zero-order valence-electron chi connectivity index (χ0n) is 6.80. The number of rotatable bonds is 3. The molecule has 0 bridgehead atoms. The molecule has 3 nitrogen and oxygen atoms in total. The van der Waals surface area contributed by atoms with Gasteiger partial charge in [0.25, 0.3) is 0 Å². The number of halogens is 3. The van der Waals surface area contributed by atoms with Crippen molar-refractivity contribution in [2.24, 2.45) is 0 Å². The predicted octanol–water partition coefficient (Wildman–Crippen LogP) is 2.53. The number of hydrogen-bond acceptors (Lipinski definition) is 2. The number of nitrogens with one attached hydrogen (secondary N) is 1. The molecule has 14 heavy (non-hydrogen) atoms. The standard InChI is InChI=1S/C7H6BrClFNO2S/c8-6-3-5(10)1-2-7(6)11-14(12,13)4-9/h1-3,11H,4H2. The summed E-state index contributed by atoms with van der Waals surface area (Å²) in [7, 11) is -3.54. The van der Waals surface area contributed by atoms with Crippen molar-refractivity contribution in [2.45, 2.75) is 0 Å². The van der Waals surface area contributed by atoms with Crippen LogP contribution >= 0.6 is 27.5 Å². The molecule has 78 valence electrons. The Bertz CT molecular complexity index is 437. The quantitative estimate of drug-likeness (QED) is 0.872. The van der Waals surface area contributed by atoms with E-state index in [-0.39, 0.29) is 5.69 Å². The summed E-state index contributed by atoms with van der Waals surface area (Å²) >= 11 is 8.21. The summed E-state index contributed by atoms with van der Waals surface area (Å²) in [5.41, 5.74) is 0.257. The minimum atomic E-state index is -3.54. The molecule has 0 amide bonds. The van der Waals surface area contributed by atoms with Crippen LogP contribution in [-0.4, -0.2) is 13.6 Å². The molecular formula is C7H6BrClFNO2S. The minimum Gasteiger partial charge on any atom is -0.281 e. The molecule has 7 heteroatoms. The van der Waals surface area contributed by atoms with Crippen molar-refractivity contribution in [2.75, 3.05) is 9.93 Å². The van der Waals surface area contributed by atoms with Gasteiger partial charge in [-0.15, -0.1) is 11.6 Å². The lowest BCUT2D eigenvalue weighted by atomic mass is 10.3. The second-order valence-corrected chi connectivity index (χ2v) is 5.61. The van der Waals surface area contributed by atoms with E-state index < -0.39 is 21.1 Å².